The molecule has 198 valence electrons. The highest BCUT2D eigenvalue weighted by molar-refractivity contribution is 6.51. The van der Waals surface area contributed by atoms with Crippen molar-refractivity contribution in [3.63, 3.8) is 0 Å². The lowest BCUT2D eigenvalue weighted by Gasteiger charge is -2.26. The second-order valence-corrected chi connectivity index (χ2v) is 9.75. The minimum atomic E-state index is -0.843. The number of nitrogens with zero attached hydrogens (tertiary/aromatic N) is 1. The van der Waals surface area contributed by atoms with E-state index in [2.05, 4.69) is 0 Å². The predicted molar refractivity (Wildman–Crippen MR) is 147 cm³/mol. The number of ether oxygens (including phenoxy) is 3. The van der Waals surface area contributed by atoms with Gasteiger partial charge < -0.3 is 19.3 Å². The van der Waals surface area contributed by atoms with E-state index in [1.807, 2.05) is 34.6 Å². The first-order valence-electron chi connectivity index (χ1n) is 12.6. The molecule has 1 fully saturated rings. The van der Waals surface area contributed by atoms with Gasteiger partial charge in [-0.05, 0) is 100 Å². The number of hydrogen-bond acceptors (Lipinski definition) is 6. The predicted octanol–water partition coefficient (Wildman–Crippen LogP) is 6.20. The van der Waals surface area contributed by atoms with Crippen molar-refractivity contribution >= 4 is 23.1 Å². The van der Waals surface area contributed by atoms with Crippen LogP contribution in [0.25, 0.3) is 5.76 Å². The Hall–Kier alpha value is -4.26. The molecule has 7 nitrogen and oxygen atoms in total. The molecule has 4 rings (SSSR count). The zero-order valence-electron chi connectivity index (χ0n) is 22.5. The van der Waals surface area contributed by atoms with Crippen LogP contribution in [-0.4, -0.2) is 36.1 Å². The maximum absolute atomic E-state index is 13.4. The summed E-state index contributed by atoms with van der Waals surface area (Å²) >= 11 is 0. The van der Waals surface area contributed by atoms with Crippen molar-refractivity contribution in [3.8, 4) is 17.2 Å². The number of rotatable bonds is 8. The Morgan fingerprint density at radius 3 is 2.00 bits per heavy atom. The number of carbonyl (C=O) groups is 2. The first-order valence-corrected chi connectivity index (χ1v) is 12.6. The summed E-state index contributed by atoms with van der Waals surface area (Å²) < 4.78 is 16.8. The quantitative estimate of drug-likeness (QED) is 0.218. The zero-order valence-corrected chi connectivity index (χ0v) is 22.5. The Balaban J connectivity index is 1.84. The molecule has 38 heavy (non-hydrogen) atoms. The van der Waals surface area contributed by atoms with Gasteiger partial charge in [0.05, 0.1) is 30.9 Å². The largest absolute Gasteiger partial charge is 0.507 e. The van der Waals surface area contributed by atoms with Crippen molar-refractivity contribution in [1.82, 2.24) is 0 Å². The Morgan fingerprint density at radius 2 is 1.45 bits per heavy atom. The molecule has 0 spiro atoms. The highest BCUT2D eigenvalue weighted by atomic mass is 16.5. The van der Waals surface area contributed by atoms with Gasteiger partial charge in [0.15, 0.2) is 0 Å². The second-order valence-electron chi connectivity index (χ2n) is 9.75. The third-order valence-corrected chi connectivity index (χ3v) is 6.17. The summed E-state index contributed by atoms with van der Waals surface area (Å²) in [4.78, 5) is 28.3. The summed E-state index contributed by atoms with van der Waals surface area (Å²) in [5.41, 5.74) is 2.42. The van der Waals surface area contributed by atoms with Gasteiger partial charge in [-0.1, -0.05) is 12.1 Å². The van der Waals surface area contributed by atoms with Crippen LogP contribution in [0.4, 0.5) is 5.69 Å². The van der Waals surface area contributed by atoms with E-state index in [1.165, 1.54) is 4.90 Å². The Morgan fingerprint density at radius 1 is 0.842 bits per heavy atom. The SMILES string of the molecule is COc1ccc(C2/C(=C(/O)c3ccc(OC(C)C)c(C)c3)C(=O)C(=O)N2c2ccc(OC(C)C)cc2)cc1. The minimum absolute atomic E-state index is 0.00448. The molecule has 1 aliphatic heterocycles. The molecule has 0 radical (unpaired) electrons. The van der Waals surface area contributed by atoms with Gasteiger partial charge in [0.2, 0.25) is 0 Å². The lowest BCUT2D eigenvalue weighted by atomic mass is 9.94. The summed E-state index contributed by atoms with van der Waals surface area (Å²) in [5.74, 6) is 0.253. The van der Waals surface area contributed by atoms with E-state index >= 15 is 0 Å². The van der Waals surface area contributed by atoms with Crippen LogP contribution in [0.15, 0.2) is 72.3 Å². The van der Waals surface area contributed by atoms with Gasteiger partial charge in [-0.15, -0.1) is 0 Å². The molecule has 0 aliphatic carbocycles. The molecule has 1 saturated heterocycles. The first-order chi connectivity index (χ1) is 18.1. The second kappa shape index (κ2) is 11.0. The number of aryl methyl sites for hydroxylation is 1. The fourth-order valence-corrected chi connectivity index (χ4v) is 4.50. The normalized spacial score (nSPS) is 16.8. The van der Waals surface area contributed by atoms with Crippen LogP contribution in [0.5, 0.6) is 17.2 Å². The summed E-state index contributed by atoms with van der Waals surface area (Å²) in [5, 5.41) is 11.4. The molecule has 3 aromatic carbocycles. The molecule has 1 unspecified atom stereocenters. The number of aliphatic hydroxyl groups is 1. The topological polar surface area (TPSA) is 85.3 Å². The van der Waals surface area contributed by atoms with Crippen molar-refractivity contribution < 1.29 is 28.9 Å². The smallest absolute Gasteiger partial charge is 0.300 e. The molecule has 1 N–H and O–H groups in total. The van der Waals surface area contributed by atoms with E-state index in [9.17, 15) is 14.7 Å². The molecular formula is C31H33NO6. The van der Waals surface area contributed by atoms with Gasteiger partial charge in [0.1, 0.15) is 23.0 Å². The Kier molecular flexibility index (Phi) is 7.76. The fraction of sp³-hybridized carbons (Fsp3) is 0.290. The van der Waals surface area contributed by atoms with Crippen molar-refractivity contribution in [1.29, 1.82) is 0 Å². The number of methoxy groups -OCH3 is 1. The van der Waals surface area contributed by atoms with E-state index in [-0.39, 0.29) is 23.5 Å². The Labute approximate surface area is 223 Å². The van der Waals surface area contributed by atoms with E-state index in [0.717, 1.165) is 5.56 Å². The average molecular weight is 516 g/mol. The van der Waals surface area contributed by atoms with Gasteiger partial charge in [-0.25, -0.2) is 0 Å². The molecular weight excluding hydrogens is 482 g/mol. The van der Waals surface area contributed by atoms with E-state index < -0.39 is 17.7 Å². The Bertz CT molecular complexity index is 1360. The van der Waals surface area contributed by atoms with Gasteiger partial charge in [0, 0.05) is 11.3 Å². The monoisotopic (exact) mass is 515 g/mol. The van der Waals surface area contributed by atoms with Crippen molar-refractivity contribution in [2.75, 3.05) is 12.0 Å². The van der Waals surface area contributed by atoms with E-state index in [1.54, 1.807) is 73.8 Å². The molecule has 1 amide bonds. The maximum Gasteiger partial charge on any atom is 0.300 e. The van der Waals surface area contributed by atoms with Crippen LogP contribution in [0.3, 0.4) is 0 Å². The lowest BCUT2D eigenvalue weighted by Crippen LogP contribution is -2.29. The number of Topliss-reactive ketones (excluding diaryl/α,β-unsaturated/α-hetero) is 1. The van der Waals surface area contributed by atoms with Gasteiger partial charge in [-0.3, -0.25) is 14.5 Å². The standard InChI is InChI=1S/C31H33NO6/c1-18(2)37-25-14-10-23(11-15-25)32-28(21-7-12-24(36-6)13-8-21)27(30(34)31(32)35)29(33)22-9-16-26(20(5)17-22)38-19(3)4/h7-19,28,33H,1-6H3/b29-27-. The number of benzene rings is 3. The van der Waals surface area contributed by atoms with Gasteiger partial charge in [-0.2, -0.15) is 0 Å². The molecule has 1 atom stereocenters. The van der Waals surface area contributed by atoms with Crippen LogP contribution >= 0.6 is 0 Å². The van der Waals surface area contributed by atoms with Crippen LogP contribution in [-0.2, 0) is 9.59 Å². The summed E-state index contributed by atoms with van der Waals surface area (Å²) in [6.07, 6.45) is -0.0129. The van der Waals surface area contributed by atoms with Crippen molar-refractivity contribution in [2.45, 2.75) is 52.9 Å². The maximum atomic E-state index is 13.4. The molecule has 1 aliphatic rings. The van der Waals surface area contributed by atoms with Gasteiger partial charge in [0.25, 0.3) is 11.7 Å². The van der Waals surface area contributed by atoms with E-state index in [0.29, 0.717) is 34.1 Å². The number of amides is 1. The molecule has 7 heteroatoms. The summed E-state index contributed by atoms with van der Waals surface area (Å²) in [6.45, 7) is 9.60. The number of carbonyl (C=O) groups excluding carboxylic acids is 2. The third-order valence-electron chi connectivity index (χ3n) is 6.17. The van der Waals surface area contributed by atoms with Crippen molar-refractivity contribution in [2.24, 2.45) is 0 Å². The fourth-order valence-electron chi connectivity index (χ4n) is 4.50. The van der Waals surface area contributed by atoms with Crippen LogP contribution in [0.1, 0.15) is 50.4 Å². The molecule has 0 aromatic heterocycles. The van der Waals surface area contributed by atoms with Crippen molar-refractivity contribution in [3.05, 3.63) is 89.0 Å². The summed E-state index contributed by atoms with van der Waals surface area (Å²) in [7, 11) is 1.57. The molecule has 0 bridgehead atoms. The zero-order chi connectivity index (χ0) is 27.6. The molecule has 0 saturated carbocycles. The molecule has 1 heterocycles. The number of aliphatic hydroxyl groups excluding tert-OH is 1. The van der Waals surface area contributed by atoms with Crippen LogP contribution < -0.4 is 19.1 Å². The number of hydrogen-bond donors (Lipinski definition) is 1. The average Bonchev–Trinajstić information content (AvgIpc) is 3.15. The number of anilines is 1. The highest BCUT2D eigenvalue weighted by Crippen LogP contribution is 2.43. The summed E-state index contributed by atoms with van der Waals surface area (Å²) in [6, 6.07) is 18.5. The van der Waals surface area contributed by atoms with Crippen LogP contribution in [0.2, 0.25) is 0 Å². The van der Waals surface area contributed by atoms with Crippen LogP contribution in [0, 0.1) is 6.92 Å². The first kappa shape index (κ1) is 26.8. The molecule has 3 aromatic rings. The third kappa shape index (κ3) is 5.37. The highest BCUT2D eigenvalue weighted by Gasteiger charge is 2.47. The minimum Gasteiger partial charge on any atom is -0.507 e. The van der Waals surface area contributed by atoms with Gasteiger partial charge >= 0.3 is 0 Å². The number of ketones is 1. The van der Waals surface area contributed by atoms with E-state index in [4.69, 9.17) is 14.2 Å². The lowest BCUT2D eigenvalue weighted by molar-refractivity contribution is -0.132.